The number of nitrogens with zero attached hydrogens (tertiary/aromatic N) is 1. The molecule has 3 aromatic rings. The Bertz CT molecular complexity index is 873. The monoisotopic (exact) mass is 371 g/mol. The van der Waals surface area contributed by atoms with Crippen LogP contribution in [0, 0.1) is 0 Å². The van der Waals surface area contributed by atoms with Gasteiger partial charge in [-0.15, -0.1) is 11.3 Å². The zero-order chi connectivity index (χ0) is 17.8. The number of carbonyl (C=O) groups is 2. The van der Waals surface area contributed by atoms with Crippen LogP contribution in [0.4, 0.5) is 11.4 Å². The highest BCUT2D eigenvalue weighted by molar-refractivity contribution is 8.02. The smallest absolute Gasteiger partial charge is 0.237 e. The molecule has 25 heavy (non-hydrogen) atoms. The topological polar surface area (TPSA) is 71.1 Å². The predicted molar refractivity (Wildman–Crippen MR) is 104 cm³/mol. The van der Waals surface area contributed by atoms with Gasteiger partial charge in [0.2, 0.25) is 11.8 Å². The SMILES string of the molecule is CC(=O)Nc1ccc(NC(=O)[C@H](C)Sc2nc3ccccc3s2)cc1. The maximum Gasteiger partial charge on any atom is 0.237 e. The fraction of sp³-hybridized carbons (Fsp3) is 0.167. The number of aromatic nitrogens is 1. The zero-order valence-corrected chi connectivity index (χ0v) is 15.4. The Labute approximate surface area is 153 Å². The lowest BCUT2D eigenvalue weighted by molar-refractivity contribution is -0.115. The van der Waals surface area contributed by atoms with E-state index in [4.69, 9.17) is 0 Å². The van der Waals surface area contributed by atoms with E-state index in [2.05, 4.69) is 15.6 Å². The van der Waals surface area contributed by atoms with Crippen molar-refractivity contribution in [1.29, 1.82) is 0 Å². The summed E-state index contributed by atoms with van der Waals surface area (Å²) >= 11 is 3.04. The van der Waals surface area contributed by atoms with Gasteiger partial charge in [-0.05, 0) is 43.3 Å². The number of carbonyl (C=O) groups excluding carboxylic acids is 2. The maximum atomic E-state index is 12.4. The summed E-state index contributed by atoms with van der Waals surface area (Å²) in [6, 6.07) is 15.0. The lowest BCUT2D eigenvalue weighted by atomic mass is 10.2. The second kappa shape index (κ2) is 7.67. The molecule has 1 aromatic heterocycles. The van der Waals surface area contributed by atoms with Gasteiger partial charge >= 0.3 is 0 Å². The van der Waals surface area contributed by atoms with Crippen LogP contribution in [0.25, 0.3) is 10.2 Å². The number of rotatable bonds is 5. The molecule has 0 spiro atoms. The van der Waals surface area contributed by atoms with Gasteiger partial charge in [0, 0.05) is 18.3 Å². The minimum absolute atomic E-state index is 0.0865. The van der Waals surface area contributed by atoms with Gasteiger partial charge in [-0.3, -0.25) is 9.59 Å². The Morgan fingerprint density at radius 2 is 1.68 bits per heavy atom. The van der Waals surface area contributed by atoms with Gasteiger partial charge in [-0.25, -0.2) is 4.98 Å². The fourth-order valence-corrected chi connectivity index (χ4v) is 4.40. The van der Waals surface area contributed by atoms with Crippen LogP contribution in [-0.2, 0) is 9.59 Å². The molecule has 1 atom stereocenters. The second-order valence-corrected chi connectivity index (χ2v) is 8.07. The molecule has 0 fully saturated rings. The Balaban J connectivity index is 1.61. The van der Waals surface area contributed by atoms with Crippen LogP contribution in [0.15, 0.2) is 52.9 Å². The van der Waals surface area contributed by atoms with Gasteiger partial charge in [0.25, 0.3) is 0 Å². The number of benzene rings is 2. The van der Waals surface area contributed by atoms with E-state index in [9.17, 15) is 9.59 Å². The number of thioether (sulfide) groups is 1. The molecule has 0 aliphatic carbocycles. The maximum absolute atomic E-state index is 12.4. The van der Waals surface area contributed by atoms with Gasteiger partial charge in [-0.1, -0.05) is 23.9 Å². The third-order valence-electron chi connectivity index (χ3n) is 3.39. The number of anilines is 2. The summed E-state index contributed by atoms with van der Waals surface area (Å²) in [4.78, 5) is 27.9. The summed E-state index contributed by atoms with van der Waals surface area (Å²) in [6.07, 6.45) is 0. The van der Waals surface area contributed by atoms with Gasteiger partial charge in [0.15, 0.2) is 4.34 Å². The molecular weight excluding hydrogens is 354 g/mol. The molecule has 0 aliphatic rings. The average Bonchev–Trinajstić information content (AvgIpc) is 2.98. The van der Waals surface area contributed by atoms with Crippen LogP contribution in [0.5, 0.6) is 0 Å². The normalized spacial score (nSPS) is 11.9. The number of hydrogen-bond donors (Lipinski definition) is 2. The largest absolute Gasteiger partial charge is 0.326 e. The molecule has 2 N–H and O–H groups in total. The Hall–Kier alpha value is -2.38. The third kappa shape index (κ3) is 4.58. The van der Waals surface area contributed by atoms with Gasteiger partial charge < -0.3 is 10.6 Å². The summed E-state index contributed by atoms with van der Waals surface area (Å²) in [5.41, 5.74) is 2.34. The fourth-order valence-electron chi connectivity index (χ4n) is 2.19. The first kappa shape index (κ1) is 17.4. The number of para-hydroxylation sites is 1. The Kier molecular flexibility index (Phi) is 5.35. The molecule has 2 amide bonds. The quantitative estimate of drug-likeness (QED) is 0.653. The van der Waals surface area contributed by atoms with Crippen molar-refractivity contribution in [3.05, 3.63) is 48.5 Å². The van der Waals surface area contributed by atoms with E-state index in [-0.39, 0.29) is 17.1 Å². The molecule has 5 nitrogen and oxygen atoms in total. The molecule has 0 aliphatic heterocycles. The van der Waals surface area contributed by atoms with E-state index in [1.165, 1.54) is 18.7 Å². The van der Waals surface area contributed by atoms with Crippen molar-refractivity contribution in [2.45, 2.75) is 23.4 Å². The minimum atomic E-state index is -0.268. The summed E-state index contributed by atoms with van der Waals surface area (Å²) in [6.45, 7) is 3.31. The van der Waals surface area contributed by atoms with Crippen molar-refractivity contribution in [3.8, 4) is 0 Å². The van der Waals surface area contributed by atoms with E-state index in [0.717, 1.165) is 14.6 Å². The molecule has 0 bridgehead atoms. The van der Waals surface area contributed by atoms with Crippen molar-refractivity contribution in [3.63, 3.8) is 0 Å². The molecule has 0 radical (unpaired) electrons. The summed E-state index contributed by atoms with van der Waals surface area (Å²) in [5, 5.41) is 5.30. The molecule has 0 unspecified atom stereocenters. The van der Waals surface area contributed by atoms with Gasteiger partial charge in [0.05, 0.1) is 15.5 Å². The standard InChI is InChI=1S/C18H17N3O2S2/c1-11(24-18-21-15-5-3-4-6-16(15)25-18)17(23)20-14-9-7-13(8-10-14)19-12(2)22/h3-11H,1-2H3,(H,19,22)(H,20,23)/t11-/m0/s1. The van der Waals surface area contributed by atoms with Crippen LogP contribution in [0.3, 0.4) is 0 Å². The first-order chi connectivity index (χ1) is 12.0. The number of fused-ring (bicyclic) bond motifs is 1. The minimum Gasteiger partial charge on any atom is -0.326 e. The summed E-state index contributed by atoms with van der Waals surface area (Å²) < 4.78 is 2.00. The first-order valence-electron chi connectivity index (χ1n) is 7.72. The lowest BCUT2D eigenvalue weighted by Gasteiger charge is -2.11. The molecule has 1 heterocycles. The van der Waals surface area contributed by atoms with Crippen molar-refractivity contribution >= 4 is 56.5 Å². The van der Waals surface area contributed by atoms with Gasteiger partial charge in [0.1, 0.15) is 0 Å². The first-order valence-corrected chi connectivity index (χ1v) is 9.41. The molecule has 0 saturated heterocycles. The highest BCUT2D eigenvalue weighted by atomic mass is 32.2. The van der Waals surface area contributed by atoms with E-state index in [0.29, 0.717) is 11.4 Å². The number of hydrogen-bond acceptors (Lipinski definition) is 5. The third-order valence-corrected chi connectivity index (χ3v) is 5.62. The van der Waals surface area contributed by atoms with E-state index in [1.807, 2.05) is 31.2 Å². The Morgan fingerprint density at radius 1 is 1.04 bits per heavy atom. The molecule has 2 aromatic carbocycles. The molecule has 0 saturated carbocycles. The molecule has 3 rings (SSSR count). The molecule has 128 valence electrons. The molecule has 7 heteroatoms. The van der Waals surface area contributed by atoms with Crippen LogP contribution in [0.1, 0.15) is 13.8 Å². The van der Waals surface area contributed by atoms with Crippen molar-refractivity contribution in [2.75, 3.05) is 10.6 Å². The van der Waals surface area contributed by atoms with Crippen molar-refractivity contribution in [2.24, 2.45) is 0 Å². The van der Waals surface area contributed by atoms with Crippen molar-refractivity contribution in [1.82, 2.24) is 4.98 Å². The van der Waals surface area contributed by atoms with Crippen LogP contribution in [-0.4, -0.2) is 22.0 Å². The highest BCUT2D eigenvalue weighted by Crippen LogP contribution is 2.32. The van der Waals surface area contributed by atoms with E-state index < -0.39 is 0 Å². The summed E-state index contributed by atoms with van der Waals surface area (Å²) in [7, 11) is 0. The average molecular weight is 371 g/mol. The lowest BCUT2D eigenvalue weighted by Crippen LogP contribution is -2.22. The number of nitrogens with one attached hydrogen (secondary N) is 2. The number of thiazole rings is 1. The van der Waals surface area contributed by atoms with E-state index >= 15 is 0 Å². The second-order valence-electron chi connectivity index (χ2n) is 5.46. The zero-order valence-electron chi connectivity index (χ0n) is 13.8. The predicted octanol–water partition coefficient (Wildman–Crippen LogP) is 4.37. The summed E-state index contributed by atoms with van der Waals surface area (Å²) in [5.74, 6) is -0.214. The van der Waals surface area contributed by atoms with E-state index in [1.54, 1.807) is 35.6 Å². The molecular formula is C18H17N3O2S2. The number of amides is 2. The van der Waals surface area contributed by atoms with Crippen LogP contribution in [0.2, 0.25) is 0 Å². The van der Waals surface area contributed by atoms with Crippen LogP contribution >= 0.6 is 23.1 Å². The van der Waals surface area contributed by atoms with Crippen molar-refractivity contribution < 1.29 is 9.59 Å². The van der Waals surface area contributed by atoms with Crippen LogP contribution < -0.4 is 10.6 Å². The highest BCUT2D eigenvalue weighted by Gasteiger charge is 2.17. The van der Waals surface area contributed by atoms with Gasteiger partial charge in [-0.2, -0.15) is 0 Å². The Morgan fingerprint density at radius 3 is 2.32 bits per heavy atom.